The van der Waals surface area contributed by atoms with Gasteiger partial charge in [0.25, 0.3) is 0 Å². The number of halogens is 1. The highest BCUT2D eigenvalue weighted by Crippen LogP contribution is 2.30. The molecule has 1 aromatic carbocycles. The molecule has 0 radical (unpaired) electrons. The lowest BCUT2D eigenvalue weighted by Gasteiger charge is -2.34. The topological polar surface area (TPSA) is 66.6 Å². The van der Waals surface area contributed by atoms with Crippen molar-refractivity contribution < 1.29 is 14.3 Å². The van der Waals surface area contributed by atoms with Crippen molar-refractivity contribution in [3.63, 3.8) is 0 Å². The minimum atomic E-state index is -0.591. The molecule has 1 atom stereocenters. The van der Waals surface area contributed by atoms with Crippen molar-refractivity contribution in [1.29, 1.82) is 0 Å². The van der Waals surface area contributed by atoms with E-state index in [-0.39, 0.29) is 17.6 Å². The molecule has 1 saturated heterocycles. The molecule has 1 aromatic rings. The molecule has 2 rings (SSSR count). The van der Waals surface area contributed by atoms with E-state index in [4.69, 9.17) is 5.73 Å². The van der Waals surface area contributed by atoms with E-state index in [0.717, 1.165) is 24.8 Å². The van der Waals surface area contributed by atoms with E-state index < -0.39 is 6.10 Å². The predicted octanol–water partition coefficient (Wildman–Crippen LogP) is 1.84. The molecular formula is C16H23FN2O2. The van der Waals surface area contributed by atoms with Gasteiger partial charge in [-0.15, -0.1) is 0 Å². The average molecular weight is 294 g/mol. The summed E-state index contributed by atoms with van der Waals surface area (Å²) in [5.41, 5.74) is 6.15. The lowest BCUT2D eigenvalue weighted by Crippen LogP contribution is -2.39. The fraction of sp³-hybridized carbons (Fsp3) is 0.562. The normalized spacial score (nSPS) is 17.8. The number of aliphatic hydroxyl groups is 1. The van der Waals surface area contributed by atoms with E-state index in [2.05, 4.69) is 0 Å². The first-order valence-electron chi connectivity index (χ1n) is 7.53. The van der Waals surface area contributed by atoms with Gasteiger partial charge in [0.1, 0.15) is 5.82 Å². The third kappa shape index (κ3) is 4.25. The quantitative estimate of drug-likeness (QED) is 0.871. The molecule has 4 nitrogen and oxygen atoms in total. The number of aliphatic hydroxyl groups excluding tert-OH is 1. The fourth-order valence-corrected chi connectivity index (χ4v) is 2.81. The van der Waals surface area contributed by atoms with Gasteiger partial charge in [0.05, 0.1) is 6.10 Å². The fourth-order valence-electron chi connectivity index (χ4n) is 2.81. The van der Waals surface area contributed by atoms with E-state index in [1.165, 1.54) is 12.1 Å². The van der Waals surface area contributed by atoms with Crippen LogP contribution < -0.4 is 5.73 Å². The number of likely N-dealkylation sites (tertiary alicyclic amines) is 1. The maximum atomic E-state index is 12.9. The van der Waals surface area contributed by atoms with Gasteiger partial charge in [0.15, 0.2) is 0 Å². The van der Waals surface area contributed by atoms with Gasteiger partial charge in [-0.25, -0.2) is 4.39 Å². The summed E-state index contributed by atoms with van der Waals surface area (Å²) >= 11 is 0. The Morgan fingerprint density at radius 3 is 2.52 bits per heavy atom. The highest BCUT2D eigenvalue weighted by Gasteiger charge is 2.27. The Bertz CT molecular complexity index is 456. The van der Waals surface area contributed by atoms with Crippen molar-refractivity contribution in [2.45, 2.75) is 31.8 Å². The first-order chi connectivity index (χ1) is 10.1. The number of nitrogens with two attached hydrogens (primary N) is 1. The smallest absolute Gasteiger partial charge is 0.222 e. The zero-order valence-corrected chi connectivity index (χ0v) is 12.2. The zero-order chi connectivity index (χ0) is 15.2. The summed E-state index contributed by atoms with van der Waals surface area (Å²) < 4.78 is 12.9. The summed E-state index contributed by atoms with van der Waals surface area (Å²) in [5, 5.41) is 10.4. The SMILES string of the molecule is NCCCC(=O)N1CCC(C(O)c2ccc(F)cc2)CC1. The van der Waals surface area contributed by atoms with Gasteiger partial charge < -0.3 is 15.7 Å². The Labute approximate surface area is 124 Å². The average Bonchev–Trinajstić information content (AvgIpc) is 2.53. The summed E-state index contributed by atoms with van der Waals surface area (Å²) in [4.78, 5) is 13.8. The maximum absolute atomic E-state index is 12.9. The molecule has 1 aliphatic rings. The maximum Gasteiger partial charge on any atom is 0.222 e. The Hall–Kier alpha value is -1.46. The van der Waals surface area contributed by atoms with Crippen LogP contribution in [-0.2, 0) is 4.79 Å². The third-order valence-corrected chi connectivity index (χ3v) is 4.15. The summed E-state index contributed by atoms with van der Waals surface area (Å²) in [7, 11) is 0. The van der Waals surface area contributed by atoms with E-state index in [0.29, 0.717) is 26.1 Å². The molecule has 116 valence electrons. The molecule has 1 aliphatic heterocycles. The Morgan fingerprint density at radius 1 is 1.33 bits per heavy atom. The Morgan fingerprint density at radius 2 is 1.95 bits per heavy atom. The number of nitrogens with zero attached hydrogens (tertiary/aromatic N) is 1. The second-order valence-electron chi connectivity index (χ2n) is 5.61. The van der Waals surface area contributed by atoms with E-state index in [9.17, 15) is 14.3 Å². The highest BCUT2D eigenvalue weighted by molar-refractivity contribution is 5.76. The largest absolute Gasteiger partial charge is 0.388 e. The van der Waals surface area contributed by atoms with Crippen molar-refractivity contribution in [3.8, 4) is 0 Å². The molecule has 1 unspecified atom stereocenters. The lowest BCUT2D eigenvalue weighted by molar-refractivity contribution is -0.133. The van der Waals surface area contributed by atoms with Gasteiger partial charge in [-0.1, -0.05) is 12.1 Å². The van der Waals surface area contributed by atoms with E-state index >= 15 is 0 Å². The molecule has 0 aromatic heterocycles. The van der Waals surface area contributed by atoms with Gasteiger partial charge in [0, 0.05) is 19.5 Å². The minimum Gasteiger partial charge on any atom is -0.388 e. The molecule has 1 fully saturated rings. The summed E-state index contributed by atoms with van der Waals surface area (Å²) in [6, 6.07) is 5.98. The summed E-state index contributed by atoms with van der Waals surface area (Å²) in [5.74, 6) is -0.0320. The van der Waals surface area contributed by atoms with E-state index in [1.54, 1.807) is 12.1 Å². The number of benzene rings is 1. The number of hydrogen-bond donors (Lipinski definition) is 2. The number of carbonyl (C=O) groups excluding carboxylic acids is 1. The first-order valence-corrected chi connectivity index (χ1v) is 7.53. The predicted molar refractivity (Wildman–Crippen MR) is 79.0 cm³/mol. The molecule has 0 spiro atoms. The number of amides is 1. The van der Waals surface area contributed by atoms with Crippen LogP contribution in [0.3, 0.4) is 0 Å². The highest BCUT2D eigenvalue weighted by atomic mass is 19.1. The zero-order valence-electron chi connectivity index (χ0n) is 12.2. The van der Waals surface area contributed by atoms with Gasteiger partial charge >= 0.3 is 0 Å². The van der Waals surface area contributed by atoms with Crippen LogP contribution in [0.5, 0.6) is 0 Å². The summed E-state index contributed by atoms with van der Waals surface area (Å²) in [6.07, 6.45) is 2.17. The molecule has 5 heteroatoms. The van der Waals surface area contributed by atoms with Crippen molar-refractivity contribution in [3.05, 3.63) is 35.6 Å². The second kappa shape index (κ2) is 7.52. The lowest BCUT2D eigenvalue weighted by atomic mass is 9.87. The first kappa shape index (κ1) is 15.9. The Balaban J connectivity index is 1.85. The number of piperidine rings is 1. The van der Waals surface area contributed by atoms with Gasteiger partial charge in [-0.05, 0) is 49.4 Å². The molecule has 1 heterocycles. The van der Waals surface area contributed by atoms with Gasteiger partial charge in [-0.2, -0.15) is 0 Å². The van der Waals surface area contributed by atoms with Crippen LogP contribution in [-0.4, -0.2) is 35.5 Å². The minimum absolute atomic E-state index is 0.119. The number of hydrogen-bond acceptors (Lipinski definition) is 3. The van der Waals surface area contributed by atoms with Crippen molar-refractivity contribution in [2.24, 2.45) is 11.7 Å². The van der Waals surface area contributed by atoms with Crippen LogP contribution >= 0.6 is 0 Å². The van der Waals surface area contributed by atoms with Gasteiger partial charge in [0.2, 0.25) is 5.91 Å². The van der Waals surface area contributed by atoms with Crippen LogP contribution in [0.2, 0.25) is 0 Å². The van der Waals surface area contributed by atoms with Crippen molar-refractivity contribution >= 4 is 5.91 Å². The van der Waals surface area contributed by atoms with Crippen LogP contribution in [0.1, 0.15) is 37.4 Å². The monoisotopic (exact) mass is 294 g/mol. The van der Waals surface area contributed by atoms with Crippen LogP contribution in [0.25, 0.3) is 0 Å². The molecule has 21 heavy (non-hydrogen) atoms. The molecule has 1 amide bonds. The Kier molecular flexibility index (Phi) is 5.70. The third-order valence-electron chi connectivity index (χ3n) is 4.15. The molecule has 0 bridgehead atoms. The molecule has 3 N–H and O–H groups in total. The van der Waals surface area contributed by atoms with Crippen LogP contribution in [0.15, 0.2) is 24.3 Å². The molecular weight excluding hydrogens is 271 g/mol. The van der Waals surface area contributed by atoms with Crippen LogP contribution in [0.4, 0.5) is 4.39 Å². The van der Waals surface area contributed by atoms with Crippen LogP contribution in [0, 0.1) is 11.7 Å². The van der Waals surface area contributed by atoms with Crippen molar-refractivity contribution in [1.82, 2.24) is 4.90 Å². The van der Waals surface area contributed by atoms with Gasteiger partial charge in [-0.3, -0.25) is 4.79 Å². The second-order valence-corrected chi connectivity index (χ2v) is 5.61. The number of carbonyl (C=O) groups is 1. The number of rotatable bonds is 5. The molecule has 0 aliphatic carbocycles. The standard InChI is InChI=1S/C16H23FN2O2/c17-14-5-3-12(4-6-14)16(21)13-7-10-19(11-8-13)15(20)2-1-9-18/h3-6,13,16,21H,1-2,7-11,18H2. The van der Waals surface area contributed by atoms with Crippen molar-refractivity contribution in [2.75, 3.05) is 19.6 Å². The molecule has 0 saturated carbocycles. The summed E-state index contributed by atoms with van der Waals surface area (Å²) in [6.45, 7) is 1.88. The van der Waals surface area contributed by atoms with E-state index in [1.807, 2.05) is 4.90 Å².